The fourth-order valence-corrected chi connectivity index (χ4v) is 4.48. The lowest BCUT2D eigenvalue weighted by Crippen LogP contribution is -2.43. The molecule has 5 nitrogen and oxygen atoms in total. The van der Waals surface area contributed by atoms with Crippen molar-refractivity contribution in [2.45, 2.75) is 45.1 Å². The van der Waals surface area contributed by atoms with E-state index >= 15 is 0 Å². The van der Waals surface area contributed by atoms with Gasteiger partial charge in [0.25, 0.3) is 0 Å². The number of likely N-dealkylation sites (N-methyl/N-ethyl adjacent to an activating group) is 2. The molecule has 2 saturated heterocycles. The molecule has 2 heterocycles. The van der Waals surface area contributed by atoms with E-state index in [9.17, 15) is 4.79 Å². The Bertz CT molecular complexity index is 623. The first-order chi connectivity index (χ1) is 12.9. The summed E-state index contributed by atoms with van der Waals surface area (Å²) >= 11 is 0. The smallest absolute Gasteiger partial charge is 0.239 e. The number of nitrogens with one attached hydrogen (secondary N) is 1. The van der Waals surface area contributed by atoms with Gasteiger partial charge in [-0.3, -0.25) is 9.69 Å². The standard InChI is InChI=1S/C22H35N3O2/c1-17(2)18-5-7-19(8-6-18)27-14-13-24(3)21(26)20-15-22(16-25(20)4)9-11-23-12-10-22/h5-8,17,20,23H,9-16H2,1-4H3/t20-/m0/s1. The molecule has 2 aliphatic heterocycles. The zero-order chi connectivity index (χ0) is 19.4. The lowest BCUT2D eigenvalue weighted by atomic mass is 9.77. The molecule has 0 bridgehead atoms. The molecule has 1 atom stereocenters. The molecule has 0 aliphatic carbocycles. The third kappa shape index (κ3) is 4.82. The van der Waals surface area contributed by atoms with E-state index in [0.29, 0.717) is 24.5 Å². The van der Waals surface area contributed by atoms with Crippen LogP contribution in [0.3, 0.4) is 0 Å². The Balaban J connectivity index is 1.47. The molecular formula is C22H35N3O2. The molecule has 2 aliphatic rings. The summed E-state index contributed by atoms with van der Waals surface area (Å²) in [6.45, 7) is 8.70. The maximum atomic E-state index is 13.0. The number of rotatable bonds is 6. The van der Waals surface area contributed by atoms with E-state index in [1.807, 2.05) is 24.1 Å². The molecule has 0 saturated carbocycles. The molecule has 1 aromatic rings. The van der Waals surface area contributed by atoms with Gasteiger partial charge in [0.1, 0.15) is 12.4 Å². The van der Waals surface area contributed by atoms with Crippen LogP contribution >= 0.6 is 0 Å². The number of benzene rings is 1. The normalized spacial score (nSPS) is 22.3. The van der Waals surface area contributed by atoms with Gasteiger partial charge in [-0.1, -0.05) is 26.0 Å². The predicted octanol–water partition coefficient (Wildman–Crippen LogP) is 2.72. The number of carbonyl (C=O) groups is 1. The second-order valence-electron chi connectivity index (χ2n) is 8.72. The van der Waals surface area contributed by atoms with Crippen LogP contribution in [0.15, 0.2) is 24.3 Å². The van der Waals surface area contributed by atoms with Crippen molar-refractivity contribution < 1.29 is 9.53 Å². The van der Waals surface area contributed by atoms with Crippen molar-refractivity contribution in [3.63, 3.8) is 0 Å². The van der Waals surface area contributed by atoms with E-state index in [2.05, 4.69) is 43.2 Å². The van der Waals surface area contributed by atoms with Crippen LogP contribution in [0.4, 0.5) is 0 Å². The van der Waals surface area contributed by atoms with Crippen LogP contribution in [0, 0.1) is 5.41 Å². The quantitative estimate of drug-likeness (QED) is 0.833. The Kier molecular flexibility index (Phi) is 6.43. The number of hydrogen-bond acceptors (Lipinski definition) is 4. The van der Waals surface area contributed by atoms with Gasteiger partial charge in [-0.25, -0.2) is 0 Å². The summed E-state index contributed by atoms with van der Waals surface area (Å²) in [5.41, 5.74) is 1.64. The molecule has 1 aromatic carbocycles. The summed E-state index contributed by atoms with van der Waals surface area (Å²) in [6, 6.07) is 8.27. The minimum absolute atomic E-state index is 0.0124. The van der Waals surface area contributed by atoms with E-state index in [-0.39, 0.29) is 11.9 Å². The Morgan fingerprint density at radius 1 is 1.30 bits per heavy atom. The number of piperidine rings is 1. The minimum atomic E-state index is 0.0124. The summed E-state index contributed by atoms with van der Waals surface area (Å²) in [4.78, 5) is 17.1. The Hall–Kier alpha value is -1.59. The van der Waals surface area contributed by atoms with Gasteiger partial charge in [0, 0.05) is 13.6 Å². The van der Waals surface area contributed by atoms with Crippen molar-refractivity contribution in [2.75, 3.05) is 46.9 Å². The van der Waals surface area contributed by atoms with Crippen molar-refractivity contribution >= 4 is 5.91 Å². The highest BCUT2D eigenvalue weighted by molar-refractivity contribution is 5.82. The first-order valence-electron chi connectivity index (χ1n) is 10.3. The molecule has 1 spiro atoms. The maximum Gasteiger partial charge on any atom is 0.239 e. The van der Waals surface area contributed by atoms with E-state index in [1.165, 1.54) is 18.4 Å². The van der Waals surface area contributed by atoms with E-state index < -0.39 is 0 Å². The van der Waals surface area contributed by atoms with Gasteiger partial charge in [-0.15, -0.1) is 0 Å². The number of amides is 1. The largest absolute Gasteiger partial charge is 0.492 e. The molecule has 150 valence electrons. The third-order valence-electron chi connectivity index (χ3n) is 6.31. The average Bonchev–Trinajstić information content (AvgIpc) is 2.97. The first kappa shape index (κ1) is 20.2. The van der Waals surface area contributed by atoms with Crippen LogP contribution in [0.1, 0.15) is 44.6 Å². The SMILES string of the molecule is CC(C)c1ccc(OCCN(C)C(=O)[C@@H]2CC3(CCNCC3)CN2C)cc1. The lowest BCUT2D eigenvalue weighted by Gasteiger charge is -2.33. The fraction of sp³-hybridized carbons (Fsp3) is 0.682. The Labute approximate surface area is 164 Å². The van der Waals surface area contributed by atoms with Crippen molar-refractivity contribution in [3.8, 4) is 5.75 Å². The second kappa shape index (κ2) is 8.61. The molecule has 5 heteroatoms. The third-order valence-corrected chi connectivity index (χ3v) is 6.31. The molecule has 27 heavy (non-hydrogen) atoms. The molecular weight excluding hydrogens is 338 g/mol. The van der Waals surface area contributed by atoms with Crippen molar-refractivity contribution in [2.24, 2.45) is 5.41 Å². The van der Waals surface area contributed by atoms with Gasteiger partial charge < -0.3 is 15.0 Å². The van der Waals surface area contributed by atoms with Crippen LogP contribution in [0.5, 0.6) is 5.75 Å². The van der Waals surface area contributed by atoms with Gasteiger partial charge in [-0.2, -0.15) is 0 Å². The van der Waals surface area contributed by atoms with Crippen LogP contribution < -0.4 is 10.1 Å². The summed E-state index contributed by atoms with van der Waals surface area (Å²) in [7, 11) is 3.99. The number of likely N-dealkylation sites (tertiary alicyclic amines) is 1. The number of carbonyl (C=O) groups excluding carboxylic acids is 1. The molecule has 3 rings (SSSR count). The molecule has 0 aromatic heterocycles. The highest BCUT2D eigenvalue weighted by atomic mass is 16.5. The monoisotopic (exact) mass is 373 g/mol. The van der Waals surface area contributed by atoms with Crippen molar-refractivity contribution in [3.05, 3.63) is 29.8 Å². The van der Waals surface area contributed by atoms with E-state index in [1.54, 1.807) is 0 Å². The summed E-state index contributed by atoms with van der Waals surface area (Å²) in [5.74, 6) is 1.62. The van der Waals surface area contributed by atoms with E-state index in [0.717, 1.165) is 31.8 Å². The molecule has 2 fully saturated rings. The van der Waals surface area contributed by atoms with Gasteiger partial charge >= 0.3 is 0 Å². The summed E-state index contributed by atoms with van der Waals surface area (Å²) in [5, 5.41) is 3.44. The fourth-order valence-electron chi connectivity index (χ4n) is 4.48. The van der Waals surface area contributed by atoms with Crippen LogP contribution in [0.25, 0.3) is 0 Å². The number of ether oxygens (including phenoxy) is 1. The lowest BCUT2D eigenvalue weighted by molar-refractivity contribution is -0.134. The Morgan fingerprint density at radius 2 is 1.96 bits per heavy atom. The van der Waals surface area contributed by atoms with Gasteiger partial charge in [0.15, 0.2) is 0 Å². The highest BCUT2D eigenvalue weighted by Gasteiger charge is 2.46. The Morgan fingerprint density at radius 3 is 2.59 bits per heavy atom. The van der Waals surface area contributed by atoms with Crippen molar-refractivity contribution in [1.82, 2.24) is 15.1 Å². The van der Waals surface area contributed by atoms with E-state index in [4.69, 9.17) is 4.74 Å². The molecule has 1 N–H and O–H groups in total. The zero-order valence-corrected chi connectivity index (χ0v) is 17.3. The van der Waals surface area contributed by atoms with Crippen LogP contribution in [-0.4, -0.2) is 68.6 Å². The second-order valence-corrected chi connectivity index (χ2v) is 8.72. The molecule has 1 amide bonds. The maximum absolute atomic E-state index is 13.0. The van der Waals surface area contributed by atoms with Crippen LogP contribution in [0.2, 0.25) is 0 Å². The van der Waals surface area contributed by atoms with Crippen molar-refractivity contribution in [1.29, 1.82) is 0 Å². The average molecular weight is 374 g/mol. The zero-order valence-electron chi connectivity index (χ0n) is 17.3. The minimum Gasteiger partial charge on any atom is -0.492 e. The predicted molar refractivity (Wildman–Crippen MR) is 109 cm³/mol. The molecule has 0 radical (unpaired) electrons. The number of nitrogens with zero attached hydrogens (tertiary/aromatic N) is 2. The summed E-state index contributed by atoms with van der Waals surface area (Å²) in [6.07, 6.45) is 3.35. The van der Waals surface area contributed by atoms with Gasteiger partial charge in [0.05, 0.1) is 12.6 Å². The first-order valence-corrected chi connectivity index (χ1v) is 10.3. The highest BCUT2D eigenvalue weighted by Crippen LogP contribution is 2.41. The van der Waals surface area contributed by atoms with Gasteiger partial charge in [-0.05, 0) is 68.4 Å². The molecule has 0 unspecified atom stereocenters. The summed E-state index contributed by atoms with van der Waals surface area (Å²) < 4.78 is 5.85. The van der Waals surface area contributed by atoms with Gasteiger partial charge in [0.2, 0.25) is 5.91 Å². The van der Waals surface area contributed by atoms with Crippen LogP contribution in [-0.2, 0) is 4.79 Å². The number of hydrogen-bond donors (Lipinski definition) is 1. The topological polar surface area (TPSA) is 44.8 Å².